The molecular formula is C70H48BN7O. The molecule has 2 aliphatic heterocycles. The first-order chi connectivity index (χ1) is 38.8. The Morgan fingerprint density at radius 3 is 1.33 bits per heavy atom. The molecule has 0 spiro atoms. The lowest BCUT2D eigenvalue weighted by Gasteiger charge is -2.35. The van der Waals surface area contributed by atoms with Gasteiger partial charge in [0.15, 0.2) is 34.9 Å². The van der Waals surface area contributed by atoms with Gasteiger partial charge in [-0.1, -0.05) is 215 Å². The third-order valence-corrected chi connectivity index (χ3v) is 15.5. The molecule has 0 N–H and O–H groups in total. The van der Waals surface area contributed by atoms with Gasteiger partial charge in [-0.3, -0.25) is 0 Å². The number of aromatic nitrogens is 7. The lowest BCUT2D eigenvalue weighted by atomic mass is 9.34. The fraction of sp³-hybridized carbons (Fsp3) is 0.0571. The zero-order chi connectivity index (χ0) is 52.8. The second-order valence-corrected chi connectivity index (χ2v) is 21.5. The number of ether oxygens (including phenoxy) is 1. The average Bonchev–Trinajstić information content (AvgIpc) is 3.13. The van der Waals surface area contributed by atoms with E-state index < -0.39 is 0 Å². The first-order valence-electron chi connectivity index (χ1n) is 26.8. The molecule has 0 radical (unpaired) electrons. The minimum Gasteiger partial charge on any atom is -0.458 e. The largest absolute Gasteiger partial charge is 0.458 e. The van der Waals surface area contributed by atoms with E-state index >= 15 is 0 Å². The predicted molar refractivity (Wildman–Crippen MR) is 321 cm³/mol. The summed E-state index contributed by atoms with van der Waals surface area (Å²) in [6, 6.07) is 82.7. The van der Waals surface area contributed by atoms with Crippen molar-refractivity contribution < 1.29 is 4.74 Å². The summed E-state index contributed by atoms with van der Waals surface area (Å²) < 4.78 is 9.78. The van der Waals surface area contributed by atoms with Crippen molar-refractivity contribution in [1.82, 2.24) is 34.5 Å². The lowest BCUT2D eigenvalue weighted by Crippen LogP contribution is -2.58. The Labute approximate surface area is 457 Å². The molecule has 15 rings (SSSR count). The van der Waals surface area contributed by atoms with Crippen molar-refractivity contribution in [1.29, 1.82) is 0 Å². The highest BCUT2D eigenvalue weighted by atomic mass is 16.5. The summed E-state index contributed by atoms with van der Waals surface area (Å²) in [4.78, 5) is 31.3. The predicted octanol–water partition coefficient (Wildman–Crippen LogP) is 14.7. The van der Waals surface area contributed by atoms with Gasteiger partial charge in [-0.2, -0.15) is 0 Å². The van der Waals surface area contributed by atoms with E-state index in [4.69, 9.17) is 34.6 Å². The van der Waals surface area contributed by atoms with E-state index in [-0.39, 0.29) is 12.1 Å². The number of hydrogen-bond donors (Lipinski definition) is 0. The minimum atomic E-state index is -0.214. The molecule has 0 atom stereocenters. The van der Waals surface area contributed by atoms with Crippen LogP contribution in [0.4, 0.5) is 0 Å². The van der Waals surface area contributed by atoms with E-state index in [9.17, 15) is 0 Å². The fourth-order valence-electron chi connectivity index (χ4n) is 11.6. The number of hydrogen-bond acceptors (Lipinski definition) is 7. The molecule has 3 aromatic heterocycles. The molecule has 0 aliphatic carbocycles. The van der Waals surface area contributed by atoms with Crippen LogP contribution in [0.3, 0.4) is 0 Å². The van der Waals surface area contributed by atoms with Gasteiger partial charge in [0.2, 0.25) is 0 Å². The minimum absolute atomic E-state index is 0.113. The Kier molecular flexibility index (Phi) is 10.7. The molecule has 0 saturated carbocycles. The van der Waals surface area contributed by atoms with Crippen LogP contribution in [0.15, 0.2) is 237 Å². The first-order valence-corrected chi connectivity index (χ1v) is 26.8. The van der Waals surface area contributed by atoms with Crippen molar-refractivity contribution in [2.24, 2.45) is 0 Å². The molecule has 10 aromatic carbocycles. The summed E-state index contributed by atoms with van der Waals surface area (Å²) >= 11 is 0. The maximum absolute atomic E-state index is 7.32. The third kappa shape index (κ3) is 7.92. The molecule has 9 heteroatoms. The highest BCUT2D eigenvalue weighted by molar-refractivity contribution is 6.99. The molecule has 79 heavy (non-hydrogen) atoms. The number of benzene rings is 10. The molecule has 0 saturated heterocycles. The van der Waals surface area contributed by atoms with Gasteiger partial charge in [0.1, 0.15) is 11.5 Å². The van der Waals surface area contributed by atoms with E-state index in [1.807, 2.05) is 97.1 Å². The van der Waals surface area contributed by atoms with Gasteiger partial charge < -0.3 is 9.30 Å². The lowest BCUT2D eigenvalue weighted by molar-refractivity contribution is 0.483. The van der Waals surface area contributed by atoms with E-state index in [1.54, 1.807) is 0 Å². The van der Waals surface area contributed by atoms with Crippen molar-refractivity contribution in [2.45, 2.75) is 26.2 Å². The quantitative estimate of drug-likeness (QED) is 0.140. The summed E-state index contributed by atoms with van der Waals surface area (Å²) in [7, 11) is 0. The Hall–Kier alpha value is -10.1. The van der Waals surface area contributed by atoms with Gasteiger partial charge in [-0.15, -0.1) is 0 Å². The Morgan fingerprint density at radius 1 is 0.354 bits per heavy atom. The van der Waals surface area contributed by atoms with Crippen LogP contribution in [0.5, 0.6) is 11.5 Å². The standard InChI is InChI=1S/C70H48BN7O/c1-70(2,3)51-34-35-56-60(42-51)79-61-41-49(53-32-20-19-31-52(53)43-21-9-4-10-22-43)40-59-62(61)71(56)57-39-50(69-76-66(46-27-15-7-16-28-46)73-67(77-69)47-29-17-8-18-30-47)38-55-54-37-48(33-36-58(54)78(59)63(55)57)68-74-64(44-23-11-5-12-24-44)72-65(75-68)45-25-13-6-14-26-45/h4-42H,1-3H3. The fourth-order valence-corrected chi connectivity index (χ4v) is 11.6. The molecule has 0 fully saturated rings. The number of nitrogens with zero attached hydrogens (tertiary/aromatic N) is 7. The topological polar surface area (TPSA) is 91.5 Å². The Bertz CT molecular complexity index is 4430. The molecule has 0 amide bonds. The maximum atomic E-state index is 7.32. The zero-order valence-electron chi connectivity index (χ0n) is 43.6. The second kappa shape index (κ2) is 18.3. The van der Waals surface area contributed by atoms with E-state index in [0.29, 0.717) is 34.9 Å². The maximum Gasteiger partial charge on any atom is 0.256 e. The number of rotatable bonds is 8. The van der Waals surface area contributed by atoms with Gasteiger partial charge in [0.25, 0.3) is 6.71 Å². The van der Waals surface area contributed by atoms with Crippen molar-refractivity contribution in [3.05, 3.63) is 242 Å². The van der Waals surface area contributed by atoms with E-state index in [2.05, 4.69) is 165 Å². The molecule has 2 aliphatic rings. The van der Waals surface area contributed by atoms with Gasteiger partial charge in [0, 0.05) is 55.4 Å². The van der Waals surface area contributed by atoms with E-state index in [1.165, 1.54) is 5.56 Å². The normalized spacial score (nSPS) is 12.3. The molecule has 5 heterocycles. The van der Waals surface area contributed by atoms with Gasteiger partial charge in [-0.25, -0.2) is 29.9 Å². The van der Waals surface area contributed by atoms with Gasteiger partial charge in [0.05, 0.1) is 5.52 Å². The first kappa shape index (κ1) is 46.2. The van der Waals surface area contributed by atoms with Crippen LogP contribution in [-0.4, -0.2) is 41.2 Å². The highest BCUT2D eigenvalue weighted by Crippen LogP contribution is 2.44. The second-order valence-electron chi connectivity index (χ2n) is 21.5. The van der Waals surface area contributed by atoms with Crippen molar-refractivity contribution >= 4 is 44.9 Å². The SMILES string of the molecule is CC(C)(C)c1ccc2c(c1)Oc1cc(-c3ccccc3-c3ccccc3)cc3c1B2c1cc(-c2nc(-c4ccccc4)nc(-c4ccccc4)n2)cc2c4cc(-c5nc(-c6ccccc6)nc(-c6ccccc6)n5)ccc4n-3c12. The Morgan fingerprint density at radius 2 is 0.810 bits per heavy atom. The van der Waals surface area contributed by atoms with Crippen molar-refractivity contribution in [3.8, 4) is 108 Å². The number of fused-ring (bicyclic) bond motifs is 7. The summed E-state index contributed by atoms with van der Waals surface area (Å²) in [5, 5.41) is 2.08. The van der Waals surface area contributed by atoms with Gasteiger partial charge >= 0.3 is 0 Å². The van der Waals surface area contributed by atoms with Crippen LogP contribution in [0, 0.1) is 0 Å². The van der Waals surface area contributed by atoms with Crippen molar-refractivity contribution in [2.75, 3.05) is 0 Å². The van der Waals surface area contributed by atoms with Crippen LogP contribution < -0.4 is 21.1 Å². The molecule has 372 valence electrons. The molecule has 13 aromatic rings. The molecule has 8 nitrogen and oxygen atoms in total. The smallest absolute Gasteiger partial charge is 0.256 e. The van der Waals surface area contributed by atoms with Crippen molar-refractivity contribution in [3.63, 3.8) is 0 Å². The Balaban J connectivity index is 1.04. The van der Waals surface area contributed by atoms with Crippen LogP contribution in [0.1, 0.15) is 26.3 Å². The highest BCUT2D eigenvalue weighted by Gasteiger charge is 2.42. The van der Waals surface area contributed by atoms with Crippen LogP contribution in [0.25, 0.3) is 118 Å². The third-order valence-electron chi connectivity index (χ3n) is 15.5. The summed E-state index contributed by atoms with van der Waals surface area (Å²) in [6.45, 7) is 6.56. The molecule has 0 unspecified atom stereocenters. The van der Waals surface area contributed by atoms with Crippen LogP contribution in [-0.2, 0) is 5.41 Å². The van der Waals surface area contributed by atoms with E-state index in [0.717, 1.165) is 111 Å². The summed E-state index contributed by atoms with van der Waals surface area (Å²) in [5.41, 5.74) is 17.5. The van der Waals surface area contributed by atoms with Crippen LogP contribution >= 0.6 is 0 Å². The zero-order valence-corrected chi connectivity index (χ0v) is 43.6. The summed E-state index contributed by atoms with van der Waals surface area (Å²) in [5.74, 6) is 5.24. The van der Waals surface area contributed by atoms with Gasteiger partial charge in [-0.05, 0) is 92.1 Å². The van der Waals surface area contributed by atoms with Crippen LogP contribution in [0.2, 0.25) is 0 Å². The average molecular weight is 1010 g/mol. The molecular weight excluding hydrogens is 966 g/mol. The monoisotopic (exact) mass is 1010 g/mol. The summed E-state index contributed by atoms with van der Waals surface area (Å²) in [6.07, 6.45) is 0. The molecule has 0 bridgehead atoms.